The van der Waals surface area contributed by atoms with E-state index in [1.54, 1.807) is 45.0 Å². The Labute approximate surface area is 149 Å². The van der Waals surface area contributed by atoms with Gasteiger partial charge in [-0.25, -0.2) is 4.79 Å². The first-order valence-electron chi connectivity index (χ1n) is 8.64. The lowest BCUT2D eigenvalue weighted by Crippen LogP contribution is -2.54. The first-order chi connectivity index (χ1) is 11.7. The van der Waals surface area contributed by atoms with E-state index in [0.29, 0.717) is 13.1 Å². The monoisotopic (exact) mass is 348 g/mol. The summed E-state index contributed by atoms with van der Waals surface area (Å²) in [6.45, 7) is 10.9. The number of pyridine rings is 1. The summed E-state index contributed by atoms with van der Waals surface area (Å²) in [4.78, 5) is 32.4. The van der Waals surface area contributed by atoms with Gasteiger partial charge in [0.25, 0.3) is 0 Å². The Morgan fingerprint density at radius 1 is 1.20 bits per heavy atom. The summed E-state index contributed by atoms with van der Waals surface area (Å²) < 4.78 is 5.20. The topological polar surface area (TPSA) is 74.8 Å². The highest BCUT2D eigenvalue weighted by Crippen LogP contribution is 2.10. The van der Waals surface area contributed by atoms with E-state index < -0.39 is 17.7 Å². The van der Waals surface area contributed by atoms with Gasteiger partial charge >= 0.3 is 6.09 Å². The van der Waals surface area contributed by atoms with Gasteiger partial charge in [-0.15, -0.1) is 0 Å². The Bertz CT molecular complexity index is 578. The van der Waals surface area contributed by atoms with E-state index in [1.807, 2.05) is 12.1 Å². The molecule has 0 aromatic carbocycles. The lowest BCUT2D eigenvalue weighted by atomic mass is 10.2. The SMILES string of the molecule is C[C@H](NC(=O)OC(C)(C)C)C(=O)N1CCN(Cc2ccncc2)CC1. The van der Waals surface area contributed by atoms with Crippen LogP contribution in [0.1, 0.15) is 33.3 Å². The number of nitrogens with one attached hydrogen (secondary N) is 1. The van der Waals surface area contributed by atoms with Gasteiger partial charge in [0.2, 0.25) is 5.91 Å². The van der Waals surface area contributed by atoms with Gasteiger partial charge in [-0.2, -0.15) is 0 Å². The van der Waals surface area contributed by atoms with Gasteiger partial charge in [-0.3, -0.25) is 14.7 Å². The summed E-state index contributed by atoms with van der Waals surface area (Å²) in [6, 6.07) is 3.41. The number of hydrogen-bond acceptors (Lipinski definition) is 5. The van der Waals surface area contributed by atoms with Gasteiger partial charge in [0.05, 0.1) is 0 Å². The average Bonchev–Trinajstić information content (AvgIpc) is 2.54. The largest absolute Gasteiger partial charge is 0.444 e. The number of alkyl carbamates (subject to hydrolysis) is 1. The molecule has 1 fully saturated rings. The number of carbonyl (C=O) groups is 2. The minimum atomic E-state index is -0.596. The van der Waals surface area contributed by atoms with Crippen LogP contribution in [0.5, 0.6) is 0 Å². The van der Waals surface area contributed by atoms with Gasteiger partial charge < -0.3 is 15.0 Å². The Hall–Kier alpha value is -2.15. The third-order valence-electron chi connectivity index (χ3n) is 3.94. The van der Waals surface area contributed by atoms with Gasteiger partial charge in [0.1, 0.15) is 11.6 Å². The highest BCUT2D eigenvalue weighted by Gasteiger charge is 2.27. The van der Waals surface area contributed by atoms with Crippen molar-refractivity contribution in [1.82, 2.24) is 20.1 Å². The lowest BCUT2D eigenvalue weighted by molar-refractivity contribution is -0.134. The van der Waals surface area contributed by atoms with Gasteiger partial charge in [0, 0.05) is 45.1 Å². The molecule has 1 atom stereocenters. The molecule has 0 aliphatic carbocycles. The normalized spacial score (nSPS) is 17.0. The van der Waals surface area contributed by atoms with E-state index in [-0.39, 0.29) is 5.91 Å². The summed E-state index contributed by atoms with van der Waals surface area (Å²) >= 11 is 0. The number of ether oxygens (including phenoxy) is 1. The van der Waals surface area contributed by atoms with Crippen LogP contribution >= 0.6 is 0 Å². The molecule has 0 saturated carbocycles. The summed E-state index contributed by atoms with van der Waals surface area (Å²) in [5.41, 5.74) is 0.639. The highest BCUT2D eigenvalue weighted by atomic mass is 16.6. The molecule has 1 saturated heterocycles. The van der Waals surface area contributed by atoms with Gasteiger partial charge in [0.15, 0.2) is 0 Å². The standard InChI is InChI=1S/C18H28N4O3/c1-14(20-17(24)25-18(2,3)4)16(23)22-11-9-21(10-12-22)13-15-5-7-19-8-6-15/h5-8,14H,9-13H2,1-4H3,(H,20,24)/t14-/m0/s1. The van der Waals surface area contributed by atoms with E-state index in [1.165, 1.54) is 5.56 Å². The molecular formula is C18H28N4O3. The van der Waals surface area contributed by atoms with E-state index in [0.717, 1.165) is 19.6 Å². The summed E-state index contributed by atoms with van der Waals surface area (Å²) in [5.74, 6) is -0.0746. The van der Waals surface area contributed by atoms with Crippen LogP contribution < -0.4 is 5.32 Å². The van der Waals surface area contributed by atoms with Crippen molar-refractivity contribution in [2.75, 3.05) is 26.2 Å². The smallest absolute Gasteiger partial charge is 0.408 e. The zero-order chi connectivity index (χ0) is 18.4. The molecule has 0 spiro atoms. The minimum absolute atomic E-state index is 0.0746. The Kier molecular flexibility index (Phi) is 6.36. The Morgan fingerprint density at radius 2 is 1.80 bits per heavy atom. The molecule has 1 aliphatic rings. The lowest BCUT2D eigenvalue weighted by Gasteiger charge is -2.36. The molecule has 0 unspecified atom stereocenters. The molecule has 1 N–H and O–H groups in total. The number of rotatable bonds is 4. The van der Waals surface area contributed by atoms with Crippen molar-refractivity contribution in [2.24, 2.45) is 0 Å². The molecule has 0 radical (unpaired) electrons. The van der Waals surface area contributed by atoms with Crippen molar-refractivity contribution in [3.05, 3.63) is 30.1 Å². The second kappa shape index (κ2) is 8.29. The van der Waals surface area contributed by atoms with Gasteiger partial charge in [-0.05, 0) is 45.4 Å². The fourth-order valence-corrected chi connectivity index (χ4v) is 2.69. The van der Waals surface area contributed by atoms with Crippen LogP contribution in [-0.4, -0.2) is 64.6 Å². The maximum absolute atomic E-state index is 12.5. The number of carbonyl (C=O) groups excluding carboxylic acids is 2. The molecule has 2 heterocycles. The predicted octanol–water partition coefficient (Wildman–Crippen LogP) is 1.64. The van der Waals surface area contributed by atoms with Crippen LogP contribution in [-0.2, 0) is 16.1 Å². The number of amides is 2. The van der Waals surface area contributed by atoms with Crippen LogP contribution in [0, 0.1) is 0 Å². The molecule has 25 heavy (non-hydrogen) atoms. The fraction of sp³-hybridized carbons (Fsp3) is 0.611. The number of aromatic nitrogens is 1. The van der Waals surface area contributed by atoms with Crippen molar-refractivity contribution in [2.45, 2.75) is 45.9 Å². The number of piperazine rings is 1. The second-order valence-corrected chi connectivity index (χ2v) is 7.32. The maximum Gasteiger partial charge on any atom is 0.408 e. The summed E-state index contributed by atoms with van der Waals surface area (Å²) in [7, 11) is 0. The molecule has 138 valence electrons. The zero-order valence-corrected chi connectivity index (χ0v) is 15.5. The summed E-state index contributed by atoms with van der Waals surface area (Å²) in [6.07, 6.45) is 3.02. The van der Waals surface area contributed by atoms with Crippen molar-refractivity contribution in [1.29, 1.82) is 0 Å². The van der Waals surface area contributed by atoms with Crippen LogP contribution in [0.3, 0.4) is 0 Å². The van der Waals surface area contributed by atoms with Crippen LogP contribution in [0.25, 0.3) is 0 Å². The zero-order valence-electron chi connectivity index (χ0n) is 15.5. The number of hydrogen-bond donors (Lipinski definition) is 1. The number of nitrogens with zero attached hydrogens (tertiary/aromatic N) is 3. The van der Waals surface area contributed by atoms with Crippen molar-refractivity contribution in [3.63, 3.8) is 0 Å². The molecule has 7 heteroatoms. The van der Waals surface area contributed by atoms with E-state index in [2.05, 4.69) is 15.2 Å². The molecule has 1 aromatic rings. The minimum Gasteiger partial charge on any atom is -0.444 e. The molecule has 7 nitrogen and oxygen atoms in total. The van der Waals surface area contributed by atoms with Crippen molar-refractivity contribution in [3.8, 4) is 0 Å². The van der Waals surface area contributed by atoms with Crippen LogP contribution in [0.2, 0.25) is 0 Å². The fourth-order valence-electron chi connectivity index (χ4n) is 2.69. The average molecular weight is 348 g/mol. The van der Waals surface area contributed by atoms with Gasteiger partial charge in [-0.1, -0.05) is 0 Å². The van der Waals surface area contributed by atoms with E-state index >= 15 is 0 Å². The molecule has 0 bridgehead atoms. The quantitative estimate of drug-likeness (QED) is 0.895. The van der Waals surface area contributed by atoms with Crippen LogP contribution in [0.15, 0.2) is 24.5 Å². The highest BCUT2D eigenvalue weighted by molar-refractivity contribution is 5.85. The maximum atomic E-state index is 12.5. The predicted molar refractivity (Wildman–Crippen MR) is 94.9 cm³/mol. The van der Waals surface area contributed by atoms with Crippen molar-refractivity contribution >= 4 is 12.0 Å². The molecule has 1 aromatic heterocycles. The molecular weight excluding hydrogens is 320 g/mol. The Morgan fingerprint density at radius 3 is 2.36 bits per heavy atom. The summed E-state index contributed by atoms with van der Waals surface area (Å²) in [5, 5.41) is 2.61. The Balaban J connectivity index is 1.77. The third kappa shape index (κ3) is 6.34. The molecule has 1 aliphatic heterocycles. The molecule has 2 amide bonds. The van der Waals surface area contributed by atoms with E-state index in [4.69, 9.17) is 4.74 Å². The third-order valence-corrected chi connectivity index (χ3v) is 3.94. The first-order valence-corrected chi connectivity index (χ1v) is 8.64. The molecule has 2 rings (SSSR count). The van der Waals surface area contributed by atoms with Crippen LogP contribution in [0.4, 0.5) is 4.79 Å². The van der Waals surface area contributed by atoms with Crippen molar-refractivity contribution < 1.29 is 14.3 Å². The van der Waals surface area contributed by atoms with E-state index in [9.17, 15) is 9.59 Å². The second-order valence-electron chi connectivity index (χ2n) is 7.32. The first kappa shape index (κ1) is 19.2.